The number of hydrogen-bond acceptors (Lipinski definition) is 7. The molecule has 0 N–H and O–H groups in total. The van der Waals surface area contributed by atoms with E-state index in [4.69, 9.17) is 9.72 Å². The summed E-state index contributed by atoms with van der Waals surface area (Å²) >= 11 is 0. The molecule has 1 aromatic heterocycles. The molecule has 0 bridgehead atoms. The minimum absolute atomic E-state index is 0.223. The first kappa shape index (κ1) is 17.7. The van der Waals surface area contributed by atoms with E-state index in [0.29, 0.717) is 19.7 Å². The Morgan fingerprint density at radius 1 is 1.04 bits per heavy atom. The van der Waals surface area contributed by atoms with E-state index in [2.05, 4.69) is 26.6 Å². The monoisotopic (exact) mass is 348 g/mol. The molecule has 138 valence electrons. The molecule has 2 saturated heterocycles. The molecule has 8 nitrogen and oxygen atoms in total. The fourth-order valence-corrected chi connectivity index (χ4v) is 3.26. The first-order chi connectivity index (χ1) is 12.2. The van der Waals surface area contributed by atoms with Gasteiger partial charge in [-0.05, 0) is 19.5 Å². The Labute approximate surface area is 149 Å². The number of likely N-dealkylation sites (N-methyl/N-ethyl adjacent to an activating group) is 1. The Morgan fingerprint density at radius 3 is 2.36 bits per heavy atom. The number of ether oxygens (including phenoxy) is 1. The standard InChI is InChI=1S/C17H28N6O2/c1-3-20-7-9-22(10-8-20)16-18-6-5-15(19-16)21-11-13-23(14-12-21)17(24)25-4-2/h5-6H,3-4,7-14H2,1-2H3. The lowest BCUT2D eigenvalue weighted by Crippen LogP contribution is -2.49. The Balaban J connectivity index is 1.58. The van der Waals surface area contributed by atoms with Gasteiger partial charge in [0.1, 0.15) is 5.82 Å². The fraction of sp³-hybridized carbons (Fsp3) is 0.706. The van der Waals surface area contributed by atoms with Crippen LogP contribution in [0.1, 0.15) is 13.8 Å². The van der Waals surface area contributed by atoms with Crippen molar-refractivity contribution in [3.05, 3.63) is 12.3 Å². The molecule has 0 unspecified atom stereocenters. The normalized spacial score (nSPS) is 19.2. The highest BCUT2D eigenvalue weighted by Gasteiger charge is 2.24. The van der Waals surface area contributed by atoms with Gasteiger partial charge >= 0.3 is 6.09 Å². The van der Waals surface area contributed by atoms with Crippen molar-refractivity contribution in [1.82, 2.24) is 19.8 Å². The maximum absolute atomic E-state index is 11.8. The Bertz CT molecular complexity index is 568. The summed E-state index contributed by atoms with van der Waals surface area (Å²) in [6, 6.07) is 1.95. The van der Waals surface area contributed by atoms with Crippen molar-refractivity contribution in [3.63, 3.8) is 0 Å². The van der Waals surface area contributed by atoms with Crippen LogP contribution in [0.25, 0.3) is 0 Å². The molecule has 8 heteroatoms. The second-order valence-corrected chi connectivity index (χ2v) is 6.31. The number of piperazine rings is 2. The molecule has 1 aromatic rings. The maximum Gasteiger partial charge on any atom is 0.409 e. The largest absolute Gasteiger partial charge is 0.450 e. The van der Waals surface area contributed by atoms with Gasteiger partial charge in [0.15, 0.2) is 0 Å². The van der Waals surface area contributed by atoms with Crippen LogP contribution in [0, 0.1) is 0 Å². The van der Waals surface area contributed by atoms with Crippen molar-refractivity contribution in [2.45, 2.75) is 13.8 Å². The highest BCUT2D eigenvalue weighted by Crippen LogP contribution is 2.18. The van der Waals surface area contributed by atoms with Gasteiger partial charge in [0.2, 0.25) is 5.95 Å². The molecule has 3 rings (SSSR count). The van der Waals surface area contributed by atoms with Gasteiger partial charge in [-0.15, -0.1) is 0 Å². The summed E-state index contributed by atoms with van der Waals surface area (Å²) < 4.78 is 5.07. The quantitative estimate of drug-likeness (QED) is 0.801. The summed E-state index contributed by atoms with van der Waals surface area (Å²) in [7, 11) is 0. The van der Waals surface area contributed by atoms with Gasteiger partial charge in [-0.1, -0.05) is 6.92 Å². The van der Waals surface area contributed by atoms with Crippen molar-refractivity contribution < 1.29 is 9.53 Å². The SMILES string of the molecule is CCOC(=O)N1CCN(c2ccnc(N3CCN(CC)CC3)n2)CC1. The van der Waals surface area contributed by atoms with E-state index in [1.54, 1.807) is 4.90 Å². The predicted octanol–water partition coefficient (Wildman–Crippen LogP) is 0.897. The number of aromatic nitrogens is 2. The molecule has 0 aliphatic carbocycles. The van der Waals surface area contributed by atoms with Gasteiger partial charge in [0.25, 0.3) is 0 Å². The smallest absolute Gasteiger partial charge is 0.409 e. The van der Waals surface area contributed by atoms with Crippen molar-refractivity contribution in [3.8, 4) is 0 Å². The molecule has 1 amide bonds. The number of hydrogen-bond donors (Lipinski definition) is 0. The minimum atomic E-state index is -0.223. The average Bonchev–Trinajstić information content (AvgIpc) is 2.68. The van der Waals surface area contributed by atoms with Crippen molar-refractivity contribution in [1.29, 1.82) is 0 Å². The number of anilines is 2. The van der Waals surface area contributed by atoms with E-state index in [-0.39, 0.29) is 6.09 Å². The van der Waals surface area contributed by atoms with E-state index < -0.39 is 0 Å². The summed E-state index contributed by atoms with van der Waals surface area (Å²) in [5, 5.41) is 0. The van der Waals surface area contributed by atoms with E-state index in [9.17, 15) is 4.79 Å². The third-order valence-electron chi connectivity index (χ3n) is 4.86. The van der Waals surface area contributed by atoms with Crippen LogP contribution in [0.5, 0.6) is 0 Å². The molecule has 2 aliphatic rings. The zero-order chi connectivity index (χ0) is 17.6. The van der Waals surface area contributed by atoms with Crippen LogP contribution in [0.4, 0.5) is 16.6 Å². The van der Waals surface area contributed by atoms with Crippen molar-refractivity contribution in [2.75, 3.05) is 75.3 Å². The van der Waals surface area contributed by atoms with Crippen molar-refractivity contribution >= 4 is 17.9 Å². The topological polar surface area (TPSA) is 65.0 Å². The Morgan fingerprint density at radius 2 is 1.72 bits per heavy atom. The van der Waals surface area contributed by atoms with Crippen LogP contribution in [-0.2, 0) is 4.74 Å². The highest BCUT2D eigenvalue weighted by atomic mass is 16.6. The molecule has 2 aliphatic heterocycles. The van der Waals surface area contributed by atoms with Crippen LogP contribution in [0.3, 0.4) is 0 Å². The predicted molar refractivity (Wildman–Crippen MR) is 97.2 cm³/mol. The zero-order valence-corrected chi connectivity index (χ0v) is 15.2. The molecular weight excluding hydrogens is 320 g/mol. The summed E-state index contributed by atoms with van der Waals surface area (Å²) in [5.41, 5.74) is 0. The summed E-state index contributed by atoms with van der Waals surface area (Å²) in [4.78, 5) is 29.7. The van der Waals surface area contributed by atoms with E-state index in [1.165, 1.54) is 0 Å². The lowest BCUT2D eigenvalue weighted by molar-refractivity contribution is 0.105. The molecule has 0 radical (unpaired) electrons. The van der Waals surface area contributed by atoms with Gasteiger partial charge in [0.05, 0.1) is 6.61 Å². The molecule has 0 atom stereocenters. The molecule has 3 heterocycles. The van der Waals surface area contributed by atoms with Crippen LogP contribution in [0.2, 0.25) is 0 Å². The average molecular weight is 348 g/mol. The Kier molecular flexibility index (Phi) is 5.91. The van der Waals surface area contributed by atoms with E-state index in [1.807, 2.05) is 19.2 Å². The number of carbonyl (C=O) groups is 1. The van der Waals surface area contributed by atoms with Crippen LogP contribution >= 0.6 is 0 Å². The molecule has 0 saturated carbocycles. The molecular formula is C17H28N6O2. The van der Waals surface area contributed by atoms with Crippen LogP contribution in [-0.4, -0.2) is 91.4 Å². The van der Waals surface area contributed by atoms with Crippen molar-refractivity contribution in [2.24, 2.45) is 0 Å². The lowest BCUT2D eigenvalue weighted by Gasteiger charge is -2.36. The first-order valence-electron chi connectivity index (χ1n) is 9.18. The van der Waals surface area contributed by atoms with Gasteiger partial charge < -0.3 is 24.3 Å². The number of carbonyl (C=O) groups excluding carboxylic acids is 1. The van der Waals surface area contributed by atoms with Gasteiger partial charge in [-0.2, -0.15) is 4.98 Å². The highest BCUT2D eigenvalue weighted by molar-refractivity contribution is 5.68. The first-order valence-corrected chi connectivity index (χ1v) is 9.18. The van der Waals surface area contributed by atoms with Gasteiger partial charge in [-0.25, -0.2) is 9.78 Å². The van der Waals surface area contributed by atoms with Crippen LogP contribution < -0.4 is 9.80 Å². The third kappa shape index (κ3) is 4.31. The maximum atomic E-state index is 11.8. The second kappa shape index (κ2) is 8.33. The molecule has 0 aromatic carbocycles. The summed E-state index contributed by atoms with van der Waals surface area (Å²) in [5.74, 6) is 1.74. The Hall–Kier alpha value is -2.09. The molecule has 2 fully saturated rings. The number of amides is 1. The van der Waals surface area contributed by atoms with E-state index >= 15 is 0 Å². The minimum Gasteiger partial charge on any atom is -0.450 e. The summed E-state index contributed by atoms with van der Waals surface area (Å²) in [6.45, 7) is 12.4. The van der Waals surface area contributed by atoms with E-state index in [0.717, 1.165) is 57.6 Å². The van der Waals surface area contributed by atoms with Crippen LogP contribution in [0.15, 0.2) is 12.3 Å². The zero-order valence-electron chi connectivity index (χ0n) is 15.2. The number of rotatable bonds is 4. The summed E-state index contributed by atoms with van der Waals surface area (Å²) in [6.07, 6.45) is 1.61. The second-order valence-electron chi connectivity index (χ2n) is 6.31. The molecule has 25 heavy (non-hydrogen) atoms. The number of nitrogens with zero attached hydrogens (tertiary/aromatic N) is 6. The third-order valence-corrected chi connectivity index (χ3v) is 4.86. The fourth-order valence-electron chi connectivity index (χ4n) is 3.26. The molecule has 0 spiro atoms. The van der Waals surface area contributed by atoms with Gasteiger partial charge in [-0.3, -0.25) is 0 Å². The lowest BCUT2D eigenvalue weighted by atomic mass is 10.3. The van der Waals surface area contributed by atoms with Gasteiger partial charge in [0, 0.05) is 58.6 Å².